The van der Waals surface area contributed by atoms with Crippen molar-refractivity contribution in [2.24, 2.45) is 17.6 Å². The van der Waals surface area contributed by atoms with E-state index in [-0.39, 0.29) is 36.1 Å². The summed E-state index contributed by atoms with van der Waals surface area (Å²) in [5, 5.41) is 43.4. The Bertz CT molecular complexity index is 1310. The fourth-order valence-corrected chi connectivity index (χ4v) is 5.38. The number of hydrogen-bond acceptors (Lipinski definition) is 8. The summed E-state index contributed by atoms with van der Waals surface area (Å²) in [4.78, 5) is 41.9. The van der Waals surface area contributed by atoms with Gasteiger partial charge in [-0.2, -0.15) is 0 Å². The summed E-state index contributed by atoms with van der Waals surface area (Å²) >= 11 is 0. The third-order valence-electron chi connectivity index (χ3n) is 6.89. The molecule has 2 aromatic rings. The van der Waals surface area contributed by atoms with E-state index < -0.39 is 52.0 Å². The van der Waals surface area contributed by atoms with E-state index in [1.54, 1.807) is 30.5 Å². The van der Waals surface area contributed by atoms with Crippen LogP contribution in [0, 0.1) is 11.8 Å². The van der Waals surface area contributed by atoms with E-state index in [0.29, 0.717) is 16.8 Å². The van der Waals surface area contributed by atoms with Gasteiger partial charge in [0.05, 0.1) is 11.3 Å². The largest absolute Gasteiger partial charge is 0.508 e. The van der Waals surface area contributed by atoms with Crippen molar-refractivity contribution in [2.45, 2.75) is 24.9 Å². The van der Waals surface area contributed by atoms with Gasteiger partial charge in [0.25, 0.3) is 5.91 Å². The van der Waals surface area contributed by atoms with Gasteiger partial charge in [-0.3, -0.25) is 19.4 Å². The molecule has 5 rings (SSSR count). The first-order valence-electron chi connectivity index (χ1n) is 10.4. The van der Waals surface area contributed by atoms with Gasteiger partial charge in [-0.15, -0.1) is 0 Å². The highest BCUT2D eigenvalue weighted by Crippen LogP contribution is 2.52. The van der Waals surface area contributed by atoms with Crippen LogP contribution in [0.5, 0.6) is 5.75 Å². The minimum atomic E-state index is -2.57. The Morgan fingerprint density at radius 2 is 1.85 bits per heavy atom. The zero-order chi connectivity index (χ0) is 23.7. The van der Waals surface area contributed by atoms with Gasteiger partial charge in [0.15, 0.2) is 11.4 Å². The fourth-order valence-electron chi connectivity index (χ4n) is 5.38. The number of carbonyl (C=O) groups excluding carboxylic acids is 3. The summed E-state index contributed by atoms with van der Waals surface area (Å²) in [7, 11) is 0. The summed E-state index contributed by atoms with van der Waals surface area (Å²) < 4.78 is 0. The molecule has 33 heavy (non-hydrogen) atoms. The number of Topliss-reactive ketones (excluding diaryl/α,β-unsaturated/α-hetero) is 2. The van der Waals surface area contributed by atoms with Crippen molar-refractivity contribution in [3.63, 3.8) is 0 Å². The second-order valence-corrected chi connectivity index (χ2v) is 8.61. The number of aromatic nitrogens is 1. The molecule has 9 heteroatoms. The number of primary amides is 1. The van der Waals surface area contributed by atoms with Crippen LogP contribution in [0.15, 0.2) is 53.4 Å². The molecule has 0 radical (unpaired) electrons. The van der Waals surface area contributed by atoms with Crippen molar-refractivity contribution in [3.8, 4) is 17.0 Å². The highest BCUT2D eigenvalue weighted by atomic mass is 16.3. The van der Waals surface area contributed by atoms with E-state index >= 15 is 0 Å². The number of ketones is 2. The van der Waals surface area contributed by atoms with Crippen LogP contribution < -0.4 is 5.73 Å². The van der Waals surface area contributed by atoms with Crippen molar-refractivity contribution >= 4 is 23.2 Å². The van der Waals surface area contributed by atoms with Gasteiger partial charge in [0.1, 0.15) is 22.8 Å². The Hall–Kier alpha value is -3.98. The van der Waals surface area contributed by atoms with E-state index in [0.717, 1.165) is 0 Å². The second-order valence-electron chi connectivity index (χ2n) is 8.61. The number of nitrogens with two attached hydrogens (primary N) is 1. The Labute approximate surface area is 187 Å². The van der Waals surface area contributed by atoms with Crippen molar-refractivity contribution in [1.29, 1.82) is 0 Å². The lowest BCUT2D eigenvalue weighted by Crippen LogP contribution is -2.58. The van der Waals surface area contributed by atoms with Gasteiger partial charge in [-0.05, 0) is 48.6 Å². The quantitative estimate of drug-likeness (QED) is 0.430. The maximum absolute atomic E-state index is 13.5. The number of phenolic OH excluding ortho intramolecular Hbond substituents is 1. The Kier molecular flexibility index (Phi) is 4.44. The third-order valence-corrected chi connectivity index (χ3v) is 6.89. The van der Waals surface area contributed by atoms with Crippen LogP contribution in [-0.4, -0.2) is 48.5 Å². The van der Waals surface area contributed by atoms with E-state index in [9.17, 15) is 34.8 Å². The first kappa shape index (κ1) is 20.9. The van der Waals surface area contributed by atoms with E-state index in [2.05, 4.69) is 4.98 Å². The lowest BCUT2D eigenvalue weighted by Gasteiger charge is -2.46. The number of pyridine rings is 1. The van der Waals surface area contributed by atoms with Gasteiger partial charge >= 0.3 is 0 Å². The van der Waals surface area contributed by atoms with Crippen molar-refractivity contribution in [3.05, 3.63) is 64.6 Å². The maximum atomic E-state index is 13.5. The molecule has 0 bridgehead atoms. The number of benzene rings is 1. The van der Waals surface area contributed by atoms with Crippen LogP contribution in [0.3, 0.4) is 0 Å². The number of rotatable bonds is 2. The zero-order valence-electron chi connectivity index (χ0n) is 17.3. The van der Waals surface area contributed by atoms with Gasteiger partial charge < -0.3 is 26.2 Å². The molecule has 3 atom stereocenters. The topological polar surface area (TPSA) is 171 Å². The third kappa shape index (κ3) is 2.75. The van der Waals surface area contributed by atoms with Crippen LogP contribution in [-0.2, 0) is 20.8 Å². The molecule has 3 aliphatic carbocycles. The van der Waals surface area contributed by atoms with E-state index in [1.165, 1.54) is 6.07 Å². The normalized spacial score (nSPS) is 26.6. The number of aliphatic hydroxyl groups excluding tert-OH is 2. The summed E-state index contributed by atoms with van der Waals surface area (Å²) in [6, 6.07) is 8.39. The van der Waals surface area contributed by atoms with Crippen molar-refractivity contribution in [1.82, 2.24) is 4.98 Å². The highest BCUT2D eigenvalue weighted by molar-refractivity contribution is 6.22. The number of aromatic hydroxyl groups is 1. The van der Waals surface area contributed by atoms with Gasteiger partial charge in [-0.1, -0.05) is 6.07 Å². The molecule has 3 unspecified atom stereocenters. The zero-order valence-corrected chi connectivity index (χ0v) is 17.3. The minimum absolute atomic E-state index is 0.0466. The predicted molar refractivity (Wildman–Crippen MR) is 115 cm³/mol. The van der Waals surface area contributed by atoms with Crippen LogP contribution >= 0.6 is 0 Å². The van der Waals surface area contributed by atoms with Gasteiger partial charge in [0.2, 0.25) is 5.78 Å². The summed E-state index contributed by atoms with van der Waals surface area (Å²) in [5.74, 6) is -6.46. The molecular formula is C24H20N2O7. The SMILES string of the molecule is NC(=O)C1=C(O)C2(O)C(=O)C3=C(O)c4c(O)ccc(-c5ccccn5)c4CC3CC2CC1=O. The highest BCUT2D eigenvalue weighted by Gasteiger charge is 2.60. The van der Waals surface area contributed by atoms with Crippen LogP contribution in [0.2, 0.25) is 0 Å². The summed E-state index contributed by atoms with van der Waals surface area (Å²) in [6.07, 6.45) is 1.58. The van der Waals surface area contributed by atoms with Gasteiger partial charge in [0, 0.05) is 29.7 Å². The molecular weight excluding hydrogens is 428 g/mol. The smallest absolute Gasteiger partial charge is 0.255 e. The van der Waals surface area contributed by atoms with Crippen molar-refractivity contribution in [2.75, 3.05) is 0 Å². The number of phenols is 1. The summed E-state index contributed by atoms with van der Waals surface area (Å²) in [5.41, 5.74) is 3.56. The van der Waals surface area contributed by atoms with Crippen LogP contribution in [0.4, 0.5) is 0 Å². The van der Waals surface area contributed by atoms with Crippen LogP contribution in [0.1, 0.15) is 24.0 Å². The minimum Gasteiger partial charge on any atom is -0.508 e. The van der Waals surface area contributed by atoms with Gasteiger partial charge in [-0.25, -0.2) is 0 Å². The lowest BCUT2D eigenvalue weighted by atomic mass is 9.59. The van der Waals surface area contributed by atoms with E-state index in [4.69, 9.17) is 5.73 Å². The molecule has 1 aromatic carbocycles. The Morgan fingerprint density at radius 1 is 1.09 bits per heavy atom. The summed E-state index contributed by atoms with van der Waals surface area (Å²) in [6.45, 7) is 0. The molecule has 6 N–H and O–H groups in total. The number of hydrogen-bond donors (Lipinski definition) is 5. The molecule has 0 aliphatic heterocycles. The molecule has 0 saturated heterocycles. The molecule has 0 spiro atoms. The Morgan fingerprint density at radius 3 is 2.52 bits per heavy atom. The average molecular weight is 448 g/mol. The first-order valence-corrected chi connectivity index (χ1v) is 10.4. The Balaban J connectivity index is 1.72. The first-order chi connectivity index (χ1) is 15.7. The number of amides is 1. The molecule has 1 aromatic heterocycles. The average Bonchev–Trinajstić information content (AvgIpc) is 2.76. The van der Waals surface area contributed by atoms with E-state index in [1.807, 2.05) is 0 Å². The monoisotopic (exact) mass is 448 g/mol. The number of nitrogens with zero attached hydrogens (tertiary/aromatic N) is 1. The standard InChI is InChI=1S/C24H20N2O7/c25-23(32)19-16(28)9-11-7-10-8-13-12(14-3-1-2-6-26-14)4-5-15(27)18(13)20(29)17(10)21(30)24(11,33)22(19)31/h1-6,10-11,27,29,31,33H,7-9H2,(H2,25,32). The molecule has 1 fully saturated rings. The number of fused-ring (bicyclic) bond motifs is 3. The molecule has 168 valence electrons. The molecule has 1 saturated carbocycles. The fraction of sp³-hybridized carbons (Fsp3) is 0.250. The molecule has 3 aliphatic rings. The molecule has 1 amide bonds. The molecule has 1 heterocycles. The number of aliphatic hydroxyl groups is 3. The second kappa shape index (κ2) is 7.01. The molecule has 9 nitrogen and oxygen atoms in total. The maximum Gasteiger partial charge on any atom is 0.255 e. The van der Waals surface area contributed by atoms with Crippen LogP contribution in [0.25, 0.3) is 17.0 Å². The predicted octanol–water partition coefficient (Wildman–Crippen LogP) is 1.49. The lowest BCUT2D eigenvalue weighted by molar-refractivity contribution is -0.147. The van der Waals surface area contributed by atoms with Crippen molar-refractivity contribution < 1.29 is 34.8 Å². The number of carbonyl (C=O) groups is 3.